The molecule has 2 N–H and O–H groups in total. The predicted molar refractivity (Wildman–Crippen MR) is 76.5 cm³/mol. The summed E-state index contributed by atoms with van der Waals surface area (Å²) in [4.78, 5) is 23.6. The standard InChI is InChI=1S/C14H23N3O2/c1-9(2)6-13(18)12-7-11(8-17(12)5)16-14(19)15-10(3)4/h7-10H,6H2,1-5H3,(H2,15,16,19). The molecule has 0 aliphatic carbocycles. The summed E-state index contributed by atoms with van der Waals surface area (Å²) in [6, 6.07) is 1.53. The third-order valence-electron chi connectivity index (χ3n) is 2.56. The summed E-state index contributed by atoms with van der Waals surface area (Å²) >= 11 is 0. The van der Waals surface area contributed by atoms with Crippen molar-refractivity contribution < 1.29 is 9.59 Å². The molecule has 0 saturated carbocycles. The Bertz CT molecular complexity index is 461. The molecule has 106 valence electrons. The number of amides is 2. The number of carbonyl (C=O) groups excluding carboxylic acids is 2. The molecule has 0 spiro atoms. The third-order valence-corrected chi connectivity index (χ3v) is 2.56. The molecule has 1 rings (SSSR count). The fourth-order valence-electron chi connectivity index (χ4n) is 1.81. The minimum Gasteiger partial charge on any atom is -0.346 e. The van der Waals surface area contributed by atoms with Crippen LogP contribution in [0.2, 0.25) is 0 Å². The van der Waals surface area contributed by atoms with Gasteiger partial charge in [0.05, 0.1) is 11.4 Å². The number of aryl methyl sites for hydroxylation is 1. The highest BCUT2D eigenvalue weighted by atomic mass is 16.2. The number of hydrogen-bond donors (Lipinski definition) is 2. The number of aromatic nitrogens is 1. The van der Waals surface area contributed by atoms with E-state index in [0.717, 1.165) is 0 Å². The van der Waals surface area contributed by atoms with Crippen molar-refractivity contribution in [3.05, 3.63) is 18.0 Å². The summed E-state index contributed by atoms with van der Waals surface area (Å²) in [7, 11) is 1.80. The van der Waals surface area contributed by atoms with E-state index in [9.17, 15) is 9.59 Å². The van der Waals surface area contributed by atoms with Gasteiger partial charge in [0.15, 0.2) is 5.78 Å². The SMILES string of the molecule is CC(C)CC(=O)c1cc(NC(=O)NC(C)C)cn1C. The Labute approximate surface area is 114 Å². The van der Waals surface area contributed by atoms with Crippen molar-refractivity contribution in [3.63, 3.8) is 0 Å². The molecule has 0 radical (unpaired) electrons. The molecular weight excluding hydrogens is 242 g/mol. The molecular formula is C14H23N3O2. The highest BCUT2D eigenvalue weighted by Crippen LogP contribution is 2.16. The molecule has 5 nitrogen and oxygen atoms in total. The van der Waals surface area contributed by atoms with Gasteiger partial charge in [-0.25, -0.2) is 4.79 Å². The van der Waals surface area contributed by atoms with E-state index in [4.69, 9.17) is 0 Å². The van der Waals surface area contributed by atoms with Gasteiger partial charge >= 0.3 is 6.03 Å². The summed E-state index contributed by atoms with van der Waals surface area (Å²) in [6.07, 6.45) is 2.25. The molecule has 0 saturated heterocycles. The van der Waals surface area contributed by atoms with Crippen molar-refractivity contribution >= 4 is 17.5 Å². The van der Waals surface area contributed by atoms with E-state index in [0.29, 0.717) is 23.7 Å². The number of anilines is 1. The van der Waals surface area contributed by atoms with Gasteiger partial charge in [-0.05, 0) is 25.8 Å². The number of ketones is 1. The quantitative estimate of drug-likeness (QED) is 0.804. The van der Waals surface area contributed by atoms with Crippen LogP contribution in [0.15, 0.2) is 12.3 Å². The fourth-order valence-corrected chi connectivity index (χ4v) is 1.81. The van der Waals surface area contributed by atoms with E-state index >= 15 is 0 Å². The molecule has 1 heterocycles. The lowest BCUT2D eigenvalue weighted by molar-refractivity contribution is 0.0960. The van der Waals surface area contributed by atoms with Gasteiger partial charge in [-0.15, -0.1) is 0 Å². The zero-order chi connectivity index (χ0) is 14.6. The van der Waals surface area contributed by atoms with Crippen LogP contribution in [0, 0.1) is 5.92 Å². The number of urea groups is 1. The van der Waals surface area contributed by atoms with Crippen molar-refractivity contribution in [2.45, 2.75) is 40.2 Å². The Hall–Kier alpha value is -1.78. The van der Waals surface area contributed by atoms with Gasteiger partial charge in [0.25, 0.3) is 0 Å². The van der Waals surface area contributed by atoms with E-state index in [-0.39, 0.29) is 17.9 Å². The van der Waals surface area contributed by atoms with Crippen LogP contribution in [0.4, 0.5) is 10.5 Å². The van der Waals surface area contributed by atoms with Crippen molar-refractivity contribution in [1.82, 2.24) is 9.88 Å². The smallest absolute Gasteiger partial charge is 0.319 e. The summed E-state index contributed by atoms with van der Waals surface area (Å²) in [5, 5.41) is 5.46. The lowest BCUT2D eigenvalue weighted by Gasteiger charge is -2.08. The van der Waals surface area contributed by atoms with E-state index in [2.05, 4.69) is 10.6 Å². The van der Waals surface area contributed by atoms with Crippen LogP contribution >= 0.6 is 0 Å². The molecule has 0 aliphatic rings. The molecule has 0 fully saturated rings. The van der Waals surface area contributed by atoms with E-state index in [1.54, 1.807) is 23.9 Å². The van der Waals surface area contributed by atoms with Gasteiger partial charge in [0.1, 0.15) is 0 Å². The molecule has 1 aromatic rings. The largest absolute Gasteiger partial charge is 0.346 e. The molecule has 0 aliphatic heterocycles. The Morgan fingerprint density at radius 3 is 2.42 bits per heavy atom. The van der Waals surface area contributed by atoms with Gasteiger partial charge in [-0.1, -0.05) is 13.8 Å². The van der Waals surface area contributed by atoms with Crippen molar-refractivity contribution in [2.75, 3.05) is 5.32 Å². The van der Waals surface area contributed by atoms with E-state index < -0.39 is 0 Å². The lowest BCUT2D eigenvalue weighted by Crippen LogP contribution is -2.34. The average molecular weight is 265 g/mol. The van der Waals surface area contributed by atoms with Crippen LogP contribution < -0.4 is 10.6 Å². The summed E-state index contributed by atoms with van der Waals surface area (Å²) in [5.41, 5.74) is 1.25. The number of hydrogen-bond acceptors (Lipinski definition) is 2. The maximum atomic E-state index is 12.0. The summed E-state index contributed by atoms with van der Waals surface area (Å²) in [5.74, 6) is 0.415. The first-order chi connectivity index (χ1) is 8.79. The second-order valence-electron chi connectivity index (χ2n) is 5.50. The Balaban J connectivity index is 2.73. The molecule has 0 atom stereocenters. The van der Waals surface area contributed by atoms with Gasteiger partial charge in [-0.2, -0.15) is 0 Å². The van der Waals surface area contributed by atoms with Crippen LogP contribution in [0.5, 0.6) is 0 Å². The van der Waals surface area contributed by atoms with Gasteiger partial charge in [0, 0.05) is 25.7 Å². The third kappa shape index (κ3) is 4.77. The van der Waals surface area contributed by atoms with Crippen LogP contribution in [0.25, 0.3) is 0 Å². The van der Waals surface area contributed by atoms with Crippen molar-refractivity contribution in [1.29, 1.82) is 0 Å². The van der Waals surface area contributed by atoms with Crippen LogP contribution in [0.3, 0.4) is 0 Å². The number of nitrogens with one attached hydrogen (secondary N) is 2. The average Bonchev–Trinajstić information content (AvgIpc) is 2.56. The second-order valence-corrected chi connectivity index (χ2v) is 5.50. The van der Waals surface area contributed by atoms with Crippen LogP contribution in [-0.4, -0.2) is 22.4 Å². The first-order valence-electron chi connectivity index (χ1n) is 6.56. The van der Waals surface area contributed by atoms with Gasteiger partial charge < -0.3 is 15.2 Å². The number of nitrogens with zero attached hydrogens (tertiary/aromatic N) is 1. The second kappa shape index (κ2) is 6.41. The lowest BCUT2D eigenvalue weighted by atomic mass is 10.1. The molecule has 0 bridgehead atoms. The molecule has 2 amide bonds. The Kier molecular flexibility index (Phi) is 5.15. The molecule has 1 aromatic heterocycles. The minimum atomic E-state index is -0.261. The summed E-state index contributed by atoms with van der Waals surface area (Å²) < 4.78 is 1.75. The Morgan fingerprint density at radius 1 is 1.26 bits per heavy atom. The van der Waals surface area contributed by atoms with E-state index in [1.165, 1.54) is 0 Å². The van der Waals surface area contributed by atoms with Crippen molar-refractivity contribution in [2.24, 2.45) is 13.0 Å². The monoisotopic (exact) mass is 265 g/mol. The first-order valence-corrected chi connectivity index (χ1v) is 6.56. The van der Waals surface area contributed by atoms with Crippen LogP contribution in [0.1, 0.15) is 44.6 Å². The molecule has 0 unspecified atom stereocenters. The summed E-state index contributed by atoms with van der Waals surface area (Å²) in [6.45, 7) is 7.80. The van der Waals surface area contributed by atoms with Crippen molar-refractivity contribution in [3.8, 4) is 0 Å². The highest BCUT2D eigenvalue weighted by Gasteiger charge is 2.14. The number of rotatable bonds is 5. The normalized spacial score (nSPS) is 10.9. The minimum absolute atomic E-state index is 0.0748. The van der Waals surface area contributed by atoms with E-state index in [1.807, 2.05) is 27.7 Å². The maximum absolute atomic E-state index is 12.0. The topological polar surface area (TPSA) is 63.1 Å². The zero-order valence-corrected chi connectivity index (χ0v) is 12.3. The first kappa shape index (κ1) is 15.3. The number of Topliss-reactive ketones (excluding diaryl/α,β-unsaturated/α-hetero) is 1. The molecule has 0 aromatic carbocycles. The predicted octanol–water partition coefficient (Wildman–Crippen LogP) is 2.78. The van der Waals surface area contributed by atoms with Gasteiger partial charge in [0.2, 0.25) is 0 Å². The zero-order valence-electron chi connectivity index (χ0n) is 12.3. The van der Waals surface area contributed by atoms with Gasteiger partial charge in [-0.3, -0.25) is 4.79 Å². The molecule has 5 heteroatoms. The molecule has 19 heavy (non-hydrogen) atoms. The Morgan fingerprint density at radius 2 is 1.89 bits per heavy atom. The number of carbonyl (C=O) groups is 2. The maximum Gasteiger partial charge on any atom is 0.319 e. The van der Waals surface area contributed by atoms with Crippen LogP contribution in [-0.2, 0) is 7.05 Å². The highest BCUT2D eigenvalue weighted by molar-refractivity contribution is 5.97. The fraction of sp³-hybridized carbons (Fsp3) is 0.571.